The fourth-order valence-corrected chi connectivity index (χ4v) is 4.18. The van der Waals surface area contributed by atoms with E-state index < -0.39 is 0 Å². The second-order valence-electron chi connectivity index (χ2n) is 5.26. The molecule has 0 aliphatic heterocycles. The maximum atomic E-state index is 12.5. The molecular formula is C18H14O3S. The van der Waals surface area contributed by atoms with Gasteiger partial charge in [-0.15, -0.1) is 11.8 Å². The van der Waals surface area contributed by atoms with Crippen molar-refractivity contribution in [2.45, 2.75) is 16.6 Å². The minimum atomic E-state index is 0.123. The topological polar surface area (TPSA) is 39.4 Å². The Morgan fingerprint density at radius 1 is 1.23 bits per heavy atom. The largest absolute Gasteiger partial charge is 0.492 e. The third kappa shape index (κ3) is 2.03. The minimum absolute atomic E-state index is 0.123. The summed E-state index contributed by atoms with van der Waals surface area (Å²) in [6.45, 7) is 0. The van der Waals surface area contributed by atoms with E-state index in [4.69, 9.17) is 9.15 Å². The molecule has 1 aliphatic carbocycles. The first-order chi connectivity index (χ1) is 10.8. The number of fused-ring (bicyclic) bond motifs is 2. The van der Waals surface area contributed by atoms with Crippen molar-refractivity contribution in [1.82, 2.24) is 0 Å². The first-order valence-corrected chi connectivity index (χ1v) is 7.99. The number of methoxy groups -OCH3 is 1. The van der Waals surface area contributed by atoms with Gasteiger partial charge in [-0.05, 0) is 29.8 Å². The second-order valence-corrected chi connectivity index (χ2v) is 6.54. The molecule has 110 valence electrons. The molecule has 3 nitrogen and oxygen atoms in total. The molecular weight excluding hydrogens is 296 g/mol. The van der Waals surface area contributed by atoms with Crippen LogP contribution in [0.4, 0.5) is 0 Å². The predicted molar refractivity (Wildman–Crippen MR) is 86.8 cm³/mol. The third-order valence-electron chi connectivity index (χ3n) is 3.95. The summed E-state index contributed by atoms with van der Waals surface area (Å²) in [5.41, 5.74) is 2.38. The molecule has 22 heavy (non-hydrogen) atoms. The summed E-state index contributed by atoms with van der Waals surface area (Å²) in [7, 11) is 1.59. The summed E-state index contributed by atoms with van der Waals surface area (Å²) < 4.78 is 11.0. The van der Waals surface area contributed by atoms with Gasteiger partial charge in [0.05, 0.1) is 18.9 Å². The zero-order valence-corrected chi connectivity index (χ0v) is 12.9. The first kappa shape index (κ1) is 13.5. The lowest BCUT2D eigenvalue weighted by Crippen LogP contribution is -1.97. The Balaban J connectivity index is 1.83. The van der Waals surface area contributed by atoms with Gasteiger partial charge in [0, 0.05) is 22.0 Å². The number of hydrogen-bond donors (Lipinski definition) is 0. The van der Waals surface area contributed by atoms with Gasteiger partial charge in [0.1, 0.15) is 0 Å². The summed E-state index contributed by atoms with van der Waals surface area (Å²) in [6.07, 6.45) is 2.13. The number of carbonyl (C=O) groups excluding carboxylic acids is 1. The van der Waals surface area contributed by atoms with Crippen molar-refractivity contribution in [2.75, 3.05) is 7.11 Å². The van der Waals surface area contributed by atoms with Crippen molar-refractivity contribution in [2.24, 2.45) is 0 Å². The summed E-state index contributed by atoms with van der Waals surface area (Å²) in [5.74, 6) is 0.692. The Kier molecular flexibility index (Phi) is 3.19. The Morgan fingerprint density at radius 2 is 2.05 bits per heavy atom. The molecule has 1 heterocycles. The summed E-state index contributed by atoms with van der Waals surface area (Å²) in [6, 6.07) is 14.1. The van der Waals surface area contributed by atoms with Gasteiger partial charge in [0.15, 0.2) is 17.1 Å². The molecule has 0 bridgehead atoms. The Hall–Kier alpha value is -2.20. The lowest BCUT2D eigenvalue weighted by molar-refractivity contribution is 0.0991. The maximum Gasteiger partial charge on any atom is 0.176 e. The van der Waals surface area contributed by atoms with Crippen molar-refractivity contribution < 1.29 is 13.9 Å². The number of rotatable bonds is 3. The van der Waals surface area contributed by atoms with Gasteiger partial charge in [0.2, 0.25) is 0 Å². The van der Waals surface area contributed by atoms with E-state index in [0.717, 1.165) is 10.9 Å². The Morgan fingerprint density at radius 3 is 2.82 bits per heavy atom. The predicted octanol–water partition coefficient (Wildman–Crippen LogP) is 4.86. The van der Waals surface area contributed by atoms with Gasteiger partial charge in [-0.2, -0.15) is 0 Å². The standard InChI is InChI=1S/C18H14O3S/c1-20-18-16-13(9-11-7-8-21-17(11)18)15(10-14(16)19)22-12-5-3-2-4-6-12/h2-9,15H,10H2,1H3. The van der Waals surface area contributed by atoms with E-state index in [1.54, 1.807) is 25.1 Å². The average molecular weight is 310 g/mol. The Labute approximate surface area is 132 Å². The molecule has 4 heteroatoms. The van der Waals surface area contributed by atoms with Crippen LogP contribution in [-0.2, 0) is 0 Å². The third-order valence-corrected chi connectivity index (χ3v) is 5.20. The van der Waals surface area contributed by atoms with E-state index >= 15 is 0 Å². The van der Waals surface area contributed by atoms with Crippen LogP contribution in [0.3, 0.4) is 0 Å². The lowest BCUT2D eigenvalue weighted by Gasteiger charge is -2.12. The van der Waals surface area contributed by atoms with E-state index in [2.05, 4.69) is 18.2 Å². The first-order valence-electron chi connectivity index (χ1n) is 7.11. The number of ketones is 1. The molecule has 1 aromatic heterocycles. The molecule has 0 spiro atoms. The molecule has 1 atom stereocenters. The van der Waals surface area contributed by atoms with Crippen molar-refractivity contribution in [3.05, 3.63) is 59.9 Å². The number of hydrogen-bond acceptors (Lipinski definition) is 4. The molecule has 1 aliphatic rings. The zero-order chi connectivity index (χ0) is 15.1. The average Bonchev–Trinajstić information content (AvgIpc) is 3.12. The van der Waals surface area contributed by atoms with E-state index in [0.29, 0.717) is 23.3 Å². The van der Waals surface area contributed by atoms with Gasteiger partial charge in [-0.25, -0.2) is 0 Å². The highest BCUT2D eigenvalue weighted by Gasteiger charge is 2.34. The van der Waals surface area contributed by atoms with Crippen LogP contribution in [0.15, 0.2) is 58.0 Å². The monoisotopic (exact) mass is 310 g/mol. The van der Waals surface area contributed by atoms with Crippen LogP contribution in [0.25, 0.3) is 11.0 Å². The second kappa shape index (κ2) is 5.21. The summed E-state index contributed by atoms with van der Waals surface area (Å²) in [5, 5.41) is 1.10. The number of benzene rings is 2. The van der Waals surface area contributed by atoms with Crippen LogP contribution in [0.5, 0.6) is 5.75 Å². The molecule has 4 rings (SSSR count). The van der Waals surface area contributed by atoms with E-state index in [9.17, 15) is 4.79 Å². The van der Waals surface area contributed by atoms with Crippen LogP contribution in [0, 0.1) is 0 Å². The highest BCUT2D eigenvalue weighted by molar-refractivity contribution is 7.99. The van der Waals surface area contributed by atoms with Crippen molar-refractivity contribution in [1.29, 1.82) is 0 Å². The van der Waals surface area contributed by atoms with Gasteiger partial charge >= 0.3 is 0 Å². The quantitative estimate of drug-likeness (QED) is 0.692. The normalized spacial score (nSPS) is 17.0. The fraction of sp³-hybridized carbons (Fsp3) is 0.167. The van der Waals surface area contributed by atoms with Crippen molar-refractivity contribution >= 4 is 28.5 Å². The molecule has 0 saturated carbocycles. The Bertz CT molecular complexity index is 851. The summed E-state index contributed by atoms with van der Waals surface area (Å²) >= 11 is 1.72. The minimum Gasteiger partial charge on any atom is -0.492 e. The molecule has 1 unspecified atom stereocenters. The highest BCUT2D eigenvalue weighted by atomic mass is 32.2. The van der Waals surface area contributed by atoms with E-state index in [1.165, 1.54) is 4.90 Å². The van der Waals surface area contributed by atoms with Crippen LogP contribution in [0.1, 0.15) is 27.6 Å². The van der Waals surface area contributed by atoms with Crippen LogP contribution >= 0.6 is 11.8 Å². The van der Waals surface area contributed by atoms with Gasteiger partial charge in [-0.1, -0.05) is 18.2 Å². The highest BCUT2D eigenvalue weighted by Crippen LogP contribution is 2.49. The number of Topliss-reactive ketones (excluding diaryl/α,β-unsaturated/α-hetero) is 1. The van der Waals surface area contributed by atoms with Gasteiger partial charge < -0.3 is 9.15 Å². The van der Waals surface area contributed by atoms with E-state index in [1.807, 2.05) is 24.3 Å². The SMILES string of the molecule is COc1c2c(cc3ccoc13)C(Sc1ccccc1)CC2=O. The molecule has 0 amide bonds. The van der Waals surface area contributed by atoms with Gasteiger partial charge in [0.25, 0.3) is 0 Å². The van der Waals surface area contributed by atoms with Crippen LogP contribution in [0.2, 0.25) is 0 Å². The number of ether oxygens (including phenoxy) is 1. The molecule has 0 fully saturated rings. The number of furan rings is 1. The van der Waals surface area contributed by atoms with Crippen molar-refractivity contribution in [3.63, 3.8) is 0 Å². The van der Waals surface area contributed by atoms with Crippen LogP contribution in [-0.4, -0.2) is 12.9 Å². The molecule has 2 aromatic carbocycles. The molecule has 0 saturated heterocycles. The molecule has 3 aromatic rings. The number of carbonyl (C=O) groups is 1. The van der Waals surface area contributed by atoms with Gasteiger partial charge in [-0.3, -0.25) is 4.79 Å². The maximum absolute atomic E-state index is 12.5. The lowest BCUT2D eigenvalue weighted by atomic mass is 10.1. The summed E-state index contributed by atoms with van der Waals surface area (Å²) in [4.78, 5) is 13.6. The molecule has 0 radical (unpaired) electrons. The fourth-order valence-electron chi connectivity index (χ4n) is 2.99. The number of thioether (sulfide) groups is 1. The zero-order valence-electron chi connectivity index (χ0n) is 12.0. The molecule has 0 N–H and O–H groups in total. The smallest absolute Gasteiger partial charge is 0.176 e. The van der Waals surface area contributed by atoms with Crippen LogP contribution < -0.4 is 4.74 Å². The van der Waals surface area contributed by atoms with E-state index in [-0.39, 0.29) is 11.0 Å². The van der Waals surface area contributed by atoms with Crippen molar-refractivity contribution in [3.8, 4) is 5.75 Å².